The van der Waals surface area contributed by atoms with Crippen molar-refractivity contribution in [2.45, 2.75) is 5.88 Å². The van der Waals surface area contributed by atoms with Gasteiger partial charge in [0.15, 0.2) is 0 Å². The maximum atomic E-state index is 11.5. The van der Waals surface area contributed by atoms with Crippen LogP contribution in [-0.2, 0) is 5.88 Å². The predicted molar refractivity (Wildman–Crippen MR) is 59.5 cm³/mol. The quantitative estimate of drug-likeness (QED) is 0.750. The van der Waals surface area contributed by atoms with Gasteiger partial charge in [-0.1, -0.05) is 12.1 Å². The summed E-state index contributed by atoms with van der Waals surface area (Å²) >= 11 is 1.62. The van der Waals surface area contributed by atoms with Gasteiger partial charge >= 0.3 is 0 Å². The van der Waals surface area contributed by atoms with E-state index in [9.17, 15) is 4.79 Å². The normalized spacial score (nSPS) is 10.6. The first kappa shape index (κ1) is 9.27. The minimum atomic E-state index is -0.0435. The molecule has 14 heavy (non-hydrogen) atoms. The van der Waals surface area contributed by atoms with Crippen LogP contribution in [0.2, 0.25) is 0 Å². The summed E-state index contributed by atoms with van der Waals surface area (Å²) in [6.07, 6.45) is 3.35. The second-order valence-electron chi connectivity index (χ2n) is 2.93. The average Bonchev–Trinajstić information content (AvgIpc) is 2.23. The van der Waals surface area contributed by atoms with Gasteiger partial charge in [-0.05, 0) is 18.4 Å². The van der Waals surface area contributed by atoms with Gasteiger partial charge in [-0.2, -0.15) is 0 Å². The predicted octanol–water partition coefficient (Wildman–Crippen LogP) is 1.72. The lowest BCUT2D eigenvalue weighted by molar-refractivity contribution is 0.872. The van der Waals surface area contributed by atoms with Crippen molar-refractivity contribution >= 4 is 22.8 Å². The highest BCUT2D eigenvalue weighted by Crippen LogP contribution is 2.10. The van der Waals surface area contributed by atoms with E-state index >= 15 is 0 Å². The van der Waals surface area contributed by atoms with Crippen molar-refractivity contribution in [3.05, 3.63) is 40.8 Å². The molecule has 0 amide bonds. The van der Waals surface area contributed by atoms with Gasteiger partial charge in [-0.25, -0.2) is 4.98 Å². The Morgan fingerprint density at radius 3 is 3.00 bits per heavy atom. The molecule has 0 fully saturated rings. The smallest absolute Gasteiger partial charge is 0.270 e. The Balaban J connectivity index is 2.76. The van der Waals surface area contributed by atoms with Crippen molar-refractivity contribution < 1.29 is 0 Å². The zero-order valence-corrected chi connectivity index (χ0v) is 8.62. The Labute approximate surface area is 85.8 Å². The first-order valence-electron chi connectivity index (χ1n) is 4.26. The van der Waals surface area contributed by atoms with Crippen LogP contribution in [0, 0.1) is 0 Å². The number of nitrogens with zero attached hydrogens (tertiary/aromatic N) is 2. The summed E-state index contributed by atoms with van der Waals surface area (Å²) < 4.78 is 1.73. The Morgan fingerprint density at radius 2 is 2.21 bits per heavy atom. The van der Waals surface area contributed by atoms with Gasteiger partial charge in [0.1, 0.15) is 0 Å². The van der Waals surface area contributed by atoms with E-state index in [0.29, 0.717) is 5.88 Å². The molecule has 4 heteroatoms. The molecule has 0 aliphatic rings. The van der Waals surface area contributed by atoms with E-state index in [1.807, 2.05) is 30.5 Å². The number of fused-ring (bicyclic) bond motifs is 1. The van der Waals surface area contributed by atoms with Crippen LogP contribution in [-0.4, -0.2) is 15.8 Å². The topological polar surface area (TPSA) is 34.9 Å². The van der Waals surface area contributed by atoms with E-state index in [2.05, 4.69) is 4.98 Å². The number of benzene rings is 1. The molecular weight excluding hydrogens is 196 g/mol. The van der Waals surface area contributed by atoms with Gasteiger partial charge in [-0.3, -0.25) is 9.36 Å². The van der Waals surface area contributed by atoms with Crippen molar-refractivity contribution in [1.82, 2.24) is 9.55 Å². The van der Waals surface area contributed by atoms with Crippen LogP contribution in [0.1, 0.15) is 0 Å². The number of thioether (sulfide) groups is 1. The Morgan fingerprint density at radius 1 is 1.43 bits per heavy atom. The minimum absolute atomic E-state index is 0.0435. The highest BCUT2D eigenvalue weighted by molar-refractivity contribution is 7.97. The summed E-state index contributed by atoms with van der Waals surface area (Å²) in [6.45, 7) is 0. The van der Waals surface area contributed by atoms with Crippen LogP contribution in [0.15, 0.2) is 35.3 Å². The SMILES string of the molecule is CSCn1c(=O)cnc2ccccc21. The molecule has 0 aliphatic heterocycles. The maximum absolute atomic E-state index is 11.5. The summed E-state index contributed by atoms with van der Waals surface area (Å²) in [4.78, 5) is 15.6. The highest BCUT2D eigenvalue weighted by atomic mass is 32.2. The first-order valence-corrected chi connectivity index (χ1v) is 5.66. The monoisotopic (exact) mass is 206 g/mol. The van der Waals surface area contributed by atoms with E-state index in [4.69, 9.17) is 0 Å². The minimum Gasteiger partial charge on any atom is -0.296 e. The Bertz CT molecular complexity index is 507. The number of hydrogen-bond acceptors (Lipinski definition) is 3. The molecule has 1 aromatic carbocycles. The molecule has 2 rings (SSSR count). The molecule has 0 radical (unpaired) electrons. The molecule has 0 bridgehead atoms. The van der Waals surface area contributed by atoms with Crippen LogP contribution in [0.5, 0.6) is 0 Å². The molecule has 0 N–H and O–H groups in total. The number of para-hydroxylation sites is 2. The van der Waals surface area contributed by atoms with Crippen LogP contribution in [0.4, 0.5) is 0 Å². The number of rotatable bonds is 2. The second kappa shape index (κ2) is 3.84. The van der Waals surface area contributed by atoms with Gasteiger partial charge < -0.3 is 0 Å². The fourth-order valence-corrected chi connectivity index (χ4v) is 1.90. The fraction of sp³-hybridized carbons (Fsp3) is 0.200. The van der Waals surface area contributed by atoms with Crippen molar-refractivity contribution in [3.8, 4) is 0 Å². The van der Waals surface area contributed by atoms with E-state index in [0.717, 1.165) is 11.0 Å². The molecule has 2 aromatic rings. The lowest BCUT2D eigenvalue weighted by atomic mass is 10.3. The van der Waals surface area contributed by atoms with Gasteiger partial charge in [0.2, 0.25) is 0 Å². The van der Waals surface area contributed by atoms with Crippen LogP contribution >= 0.6 is 11.8 Å². The lowest BCUT2D eigenvalue weighted by Gasteiger charge is -2.06. The van der Waals surface area contributed by atoms with Gasteiger partial charge in [0.25, 0.3) is 5.56 Å². The molecule has 72 valence electrons. The summed E-state index contributed by atoms with van der Waals surface area (Å²) in [6, 6.07) is 7.66. The van der Waals surface area contributed by atoms with Crippen molar-refractivity contribution in [2.75, 3.05) is 6.26 Å². The van der Waals surface area contributed by atoms with Crippen molar-refractivity contribution in [3.63, 3.8) is 0 Å². The van der Waals surface area contributed by atoms with Crippen LogP contribution in [0.3, 0.4) is 0 Å². The molecule has 1 aromatic heterocycles. The zero-order chi connectivity index (χ0) is 9.97. The Kier molecular flexibility index (Phi) is 2.54. The van der Waals surface area contributed by atoms with E-state index in [-0.39, 0.29) is 5.56 Å². The summed E-state index contributed by atoms with van der Waals surface area (Å²) in [5.74, 6) is 0.669. The van der Waals surface area contributed by atoms with Crippen molar-refractivity contribution in [1.29, 1.82) is 0 Å². The van der Waals surface area contributed by atoms with E-state index in [1.165, 1.54) is 6.20 Å². The zero-order valence-electron chi connectivity index (χ0n) is 7.80. The summed E-state index contributed by atoms with van der Waals surface area (Å²) in [5.41, 5.74) is 1.72. The second-order valence-corrected chi connectivity index (χ2v) is 3.77. The molecule has 0 aliphatic carbocycles. The van der Waals surface area contributed by atoms with Gasteiger partial charge in [0.05, 0.1) is 23.1 Å². The van der Waals surface area contributed by atoms with Gasteiger partial charge in [0, 0.05) is 0 Å². The largest absolute Gasteiger partial charge is 0.296 e. The third kappa shape index (κ3) is 1.53. The molecular formula is C10H10N2OS. The Hall–Kier alpha value is -1.29. The van der Waals surface area contributed by atoms with Gasteiger partial charge in [-0.15, -0.1) is 11.8 Å². The number of hydrogen-bond donors (Lipinski definition) is 0. The molecule has 0 saturated heterocycles. The molecule has 0 spiro atoms. The number of aromatic nitrogens is 2. The molecule has 0 unspecified atom stereocenters. The maximum Gasteiger partial charge on any atom is 0.270 e. The molecule has 0 atom stereocenters. The summed E-state index contributed by atoms with van der Waals surface area (Å²) in [7, 11) is 0. The molecule has 3 nitrogen and oxygen atoms in total. The van der Waals surface area contributed by atoms with Crippen LogP contribution < -0.4 is 5.56 Å². The van der Waals surface area contributed by atoms with E-state index in [1.54, 1.807) is 16.3 Å². The van der Waals surface area contributed by atoms with Crippen molar-refractivity contribution in [2.24, 2.45) is 0 Å². The van der Waals surface area contributed by atoms with Crippen LogP contribution in [0.25, 0.3) is 11.0 Å². The van der Waals surface area contributed by atoms with E-state index < -0.39 is 0 Å². The first-order chi connectivity index (χ1) is 6.83. The lowest BCUT2D eigenvalue weighted by Crippen LogP contribution is -2.19. The average molecular weight is 206 g/mol. The molecule has 1 heterocycles. The summed E-state index contributed by atoms with van der Waals surface area (Å²) in [5, 5.41) is 0. The third-order valence-corrected chi connectivity index (χ3v) is 2.53. The molecule has 0 saturated carbocycles. The third-order valence-electron chi connectivity index (χ3n) is 2.01. The fourth-order valence-electron chi connectivity index (χ4n) is 1.38. The standard InChI is InChI=1S/C10H10N2OS/c1-14-7-12-9-5-3-2-4-8(9)11-6-10(12)13/h2-6H,7H2,1H3. The highest BCUT2D eigenvalue weighted by Gasteiger charge is 2.01.